The number of ether oxygens (including phenoxy) is 5. The SMILES string of the molecule is CC(=O)OC[C@H]1O[C@@H](Sc2nc3ccccc3o2)[C@H](OCc2ccccc2)[C@@H](OC(C)=O)[C@@H]1OC(C)=O. The summed E-state index contributed by atoms with van der Waals surface area (Å²) in [7, 11) is 0. The first kappa shape index (κ1) is 26.6. The monoisotopic (exact) mass is 529 g/mol. The van der Waals surface area contributed by atoms with E-state index in [0.717, 1.165) is 17.3 Å². The molecule has 1 aromatic heterocycles. The Hall–Kier alpha value is -3.41. The number of benzene rings is 2. The third-order valence-corrected chi connectivity index (χ3v) is 6.41. The van der Waals surface area contributed by atoms with Crippen LogP contribution in [0.15, 0.2) is 64.2 Å². The van der Waals surface area contributed by atoms with Crippen molar-refractivity contribution in [2.75, 3.05) is 6.61 Å². The Labute approximate surface area is 217 Å². The van der Waals surface area contributed by atoms with E-state index in [9.17, 15) is 14.4 Å². The number of fused-ring (bicyclic) bond motifs is 1. The lowest BCUT2D eigenvalue weighted by Crippen LogP contribution is -2.61. The molecule has 4 rings (SSSR count). The zero-order chi connectivity index (χ0) is 26.4. The van der Waals surface area contributed by atoms with Crippen molar-refractivity contribution in [3.05, 3.63) is 60.2 Å². The van der Waals surface area contributed by atoms with E-state index in [1.54, 1.807) is 6.07 Å². The van der Waals surface area contributed by atoms with Crippen molar-refractivity contribution in [1.82, 2.24) is 4.98 Å². The standard InChI is InChI=1S/C26H27NO9S/c1-15(28)31-14-21-22(33-16(2)29)23(34-17(3)30)24(32-13-18-9-5-4-6-10-18)25(35-21)37-26-27-19-11-7-8-12-20(19)36-26/h4-12,21-25H,13-14H2,1-3H3/t21-,22-,23+,24-,25+/m1/s1. The third-order valence-electron chi connectivity index (χ3n) is 5.42. The lowest BCUT2D eigenvalue weighted by molar-refractivity contribution is -0.241. The van der Waals surface area contributed by atoms with Crippen molar-refractivity contribution in [1.29, 1.82) is 0 Å². The van der Waals surface area contributed by atoms with Crippen LogP contribution in [0, 0.1) is 0 Å². The van der Waals surface area contributed by atoms with Crippen LogP contribution < -0.4 is 0 Å². The van der Waals surface area contributed by atoms with E-state index in [-0.39, 0.29) is 13.2 Å². The second-order valence-electron chi connectivity index (χ2n) is 8.32. The van der Waals surface area contributed by atoms with Crippen LogP contribution in [0.5, 0.6) is 0 Å². The maximum absolute atomic E-state index is 12.1. The molecule has 1 aliphatic heterocycles. The van der Waals surface area contributed by atoms with Gasteiger partial charge in [-0.1, -0.05) is 42.5 Å². The molecule has 0 saturated carbocycles. The van der Waals surface area contributed by atoms with E-state index < -0.39 is 47.8 Å². The van der Waals surface area contributed by atoms with Crippen LogP contribution in [-0.4, -0.2) is 59.4 Å². The van der Waals surface area contributed by atoms with Crippen molar-refractivity contribution in [3.63, 3.8) is 0 Å². The molecule has 10 nitrogen and oxygen atoms in total. The molecule has 196 valence electrons. The van der Waals surface area contributed by atoms with Crippen LogP contribution in [0.2, 0.25) is 0 Å². The summed E-state index contributed by atoms with van der Waals surface area (Å²) >= 11 is 1.13. The molecule has 0 N–H and O–H groups in total. The highest BCUT2D eigenvalue weighted by atomic mass is 32.2. The highest BCUT2D eigenvalue weighted by molar-refractivity contribution is 7.99. The van der Waals surface area contributed by atoms with Crippen LogP contribution in [0.25, 0.3) is 11.1 Å². The maximum Gasteiger partial charge on any atom is 0.303 e. The van der Waals surface area contributed by atoms with E-state index in [0.29, 0.717) is 16.3 Å². The molecule has 0 bridgehead atoms. The molecule has 0 unspecified atom stereocenters. The van der Waals surface area contributed by atoms with Gasteiger partial charge < -0.3 is 28.1 Å². The van der Waals surface area contributed by atoms with Crippen LogP contribution in [0.4, 0.5) is 0 Å². The molecule has 2 aromatic carbocycles. The molecule has 1 saturated heterocycles. The second-order valence-corrected chi connectivity index (χ2v) is 9.37. The lowest BCUT2D eigenvalue weighted by atomic mass is 9.99. The number of nitrogens with zero attached hydrogens (tertiary/aromatic N) is 1. The number of para-hydroxylation sites is 2. The predicted octanol–water partition coefficient (Wildman–Crippen LogP) is 3.66. The van der Waals surface area contributed by atoms with Crippen LogP contribution in [0.1, 0.15) is 26.3 Å². The first-order chi connectivity index (χ1) is 17.8. The van der Waals surface area contributed by atoms with Gasteiger partial charge in [-0.3, -0.25) is 14.4 Å². The molecule has 1 fully saturated rings. The number of esters is 3. The average molecular weight is 530 g/mol. The molecule has 2 heterocycles. The summed E-state index contributed by atoms with van der Waals surface area (Å²) < 4.78 is 34.7. The summed E-state index contributed by atoms with van der Waals surface area (Å²) in [5, 5.41) is 0.304. The first-order valence-electron chi connectivity index (χ1n) is 11.6. The number of carbonyl (C=O) groups is 3. The largest absolute Gasteiger partial charge is 0.463 e. The molecule has 37 heavy (non-hydrogen) atoms. The molecular formula is C26H27NO9S. The van der Waals surface area contributed by atoms with Gasteiger partial charge in [0.2, 0.25) is 0 Å². The predicted molar refractivity (Wildman–Crippen MR) is 131 cm³/mol. The minimum absolute atomic E-state index is 0.165. The Morgan fingerprint density at radius 2 is 1.54 bits per heavy atom. The fraction of sp³-hybridized carbons (Fsp3) is 0.385. The van der Waals surface area contributed by atoms with Gasteiger partial charge in [0.15, 0.2) is 17.8 Å². The minimum atomic E-state index is -1.10. The first-order valence-corrected chi connectivity index (χ1v) is 12.5. The van der Waals surface area contributed by atoms with Gasteiger partial charge in [-0.25, -0.2) is 4.98 Å². The lowest BCUT2D eigenvalue weighted by Gasteiger charge is -2.44. The van der Waals surface area contributed by atoms with Gasteiger partial charge in [-0.05, 0) is 29.5 Å². The van der Waals surface area contributed by atoms with Gasteiger partial charge in [0, 0.05) is 20.8 Å². The Kier molecular flexibility index (Phi) is 8.80. The Morgan fingerprint density at radius 3 is 2.22 bits per heavy atom. The van der Waals surface area contributed by atoms with Gasteiger partial charge in [-0.15, -0.1) is 0 Å². The van der Waals surface area contributed by atoms with Crippen LogP contribution >= 0.6 is 11.8 Å². The summed E-state index contributed by atoms with van der Waals surface area (Å²) in [6, 6.07) is 16.7. The number of rotatable bonds is 9. The summed E-state index contributed by atoms with van der Waals surface area (Å²) in [5.41, 5.74) is 1.30. The summed E-state index contributed by atoms with van der Waals surface area (Å²) in [5.74, 6) is -1.76. The Balaban J connectivity index is 1.68. The van der Waals surface area contributed by atoms with Gasteiger partial charge in [-0.2, -0.15) is 0 Å². The van der Waals surface area contributed by atoms with Crippen molar-refractivity contribution in [2.45, 2.75) is 62.5 Å². The molecule has 0 amide bonds. The number of hydrogen-bond acceptors (Lipinski definition) is 11. The van der Waals surface area contributed by atoms with E-state index >= 15 is 0 Å². The van der Waals surface area contributed by atoms with Gasteiger partial charge >= 0.3 is 17.9 Å². The fourth-order valence-corrected chi connectivity index (χ4v) is 4.96. The zero-order valence-corrected chi connectivity index (χ0v) is 21.3. The fourth-order valence-electron chi connectivity index (χ4n) is 3.91. The average Bonchev–Trinajstić information content (AvgIpc) is 3.26. The van der Waals surface area contributed by atoms with Crippen molar-refractivity contribution in [2.24, 2.45) is 0 Å². The molecule has 0 spiro atoms. The van der Waals surface area contributed by atoms with Crippen LogP contribution in [0.3, 0.4) is 0 Å². The number of oxazole rings is 1. The number of aromatic nitrogens is 1. The summed E-state index contributed by atoms with van der Waals surface area (Å²) in [6.45, 7) is 3.66. The Bertz CT molecular complexity index is 1200. The van der Waals surface area contributed by atoms with E-state index in [1.807, 2.05) is 48.5 Å². The summed E-state index contributed by atoms with van der Waals surface area (Å²) in [4.78, 5) is 40.2. The molecule has 5 atom stereocenters. The highest BCUT2D eigenvalue weighted by Gasteiger charge is 2.51. The van der Waals surface area contributed by atoms with Crippen molar-refractivity contribution < 1.29 is 42.5 Å². The Morgan fingerprint density at radius 1 is 0.865 bits per heavy atom. The molecule has 1 aliphatic rings. The van der Waals surface area contributed by atoms with Gasteiger partial charge in [0.25, 0.3) is 5.22 Å². The van der Waals surface area contributed by atoms with Crippen molar-refractivity contribution >= 4 is 40.8 Å². The number of thioether (sulfide) groups is 1. The molecule has 11 heteroatoms. The maximum atomic E-state index is 12.1. The summed E-state index contributed by atoms with van der Waals surface area (Å²) in [6.07, 6.45) is -4.01. The number of hydrogen-bond donors (Lipinski definition) is 0. The van der Waals surface area contributed by atoms with Crippen molar-refractivity contribution in [3.8, 4) is 0 Å². The van der Waals surface area contributed by atoms with Gasteiger partial charge in [0.05, 0.1) is 6.61 Å². The van der Waals surface area contributed by atoms with E-state index in [2.05, 4.69) is 4.98 Å². The molecule has 3 aromatic rings. The molecule has 0 aliphatic carbocycles. The van der Waals surface area contributed by atoms with E-state index in [4.69, 9.17) is 28.1 Å². The second kappa shape index (κ2) is 12.2. The van der Waals surface area contributed by atoms with Gasteiger partial charge in [0.1, 0.15) is 29.8 Å². The smallest absolute Gasteiger partial charge is 0.303 e. The highest BCUT2D eigenvalue weighted by Crippen LogP contribution is 2.38. The minimum Gasteiger partial charge on any atom is -0.463 e. The normalized spacial score (nSPS) is 23.4. The topological polar surface area (TPSA) is 123 Å². The molecule has 0 radical (unpaired) electrons. The zero-order valence-electron chi connectivity index (χ0n) is 20.5. The quantitative estimate of drug-likeness (QED) is 0.298. The third kappa shape index (κ3) is 7.09. The van der Waals surface area contributed by atoms with E-state index in [1.165, 1.54) is 20.8 Å². The van der Waals surface area contributed by atoms with Crippen LogP contribution in [-0.2, 0) is 44.7 Å². The molecular weight excluding hydrogens is 502 g/mol. The number of carbonyl (C=O) groups excluding carboxylic acids is 3.